The highest BCUT2D eigenvalue weighted by molar-refractivity contribution is 9.11. The molecule has 0 radical (unpaired) electrons. The molecule has 1 amide bonds. The van der Waals surface area contributed by atoms with Crippen LogP contribution >= 0.6 is 27.3 Å². The average Bonchev–Trinajstić information content (AvgIpc) is 3.14. The van der Waals surface area contributed by atoms with E-state index in [1.165, 1.54) is 6.07 Å². The van der Waals surface area contributed by atoms with Gasteiger partial charge in [0.15, 0.2) is 0 Å². The van der Waals surface area contributed by atoms with Gasteiger partial charge in [-0.2, -0.15) is 4.72 Å². The Kier molecular flexibility index (Phi) is 6.89. The summed E-state index contributed by atoms with van der Waals surface area (Å²) in [6.07, 6.45) is 0. The number of benzene rings is 2. The first kappa shape index (κ1) is 21.7. The molecule has 29 heavy (non-hydrogen) atoms. The van der Waals surface area contributed by atoms with Crippen LogP contribution in [-0.4, -0.2) is 14.3 Å². The maximum Gasteiger partial charge on any atom is 0.251 e. The first-order valence-corrected chi connectivity index (χ1v) is 12.1. The van der Waals surface area contributed by atoms with Gasteiger partial charge in [-0.3, -0.25) is 4.79 Å². The minimum absolute atomic E-state index is 0.138. The molecule has 1 heterocycles. The number of hydrogen-bond donors (Lipinski definition) is 2. The maximum absolute atomic E-state index is 13.0. The van der Waals surface area contributed by atoms with Gasteiger partial charge in [0.2, 0.25) is 5.91 Å². The third-order valence-corrected chi connectivity index (χ3v) is 7.86. The van der Waals surface area contributed by atoms with Gasteiger partial charge in [-0.25, -0.2) is 8.42 Å². The molecule has 2 aromatic carbocycles. The van der Waals surface area contributed by atoms with E-state index in [1.54, 1.807) is 30.3 Å². The number of anilines is 1. The Morgan fingerprint density at radius 1 is 0.931 bits per heavy atom. The van der Waals surface area contributed by atoms with Crippen LogP contribution < -0.4 is 10.0 Å². The molecule has 2 N–H and O–H groups in total. The molecular formula is C21H21BrN2O3S2. The Balaban J connectivity index is 1.86. The molecule has 0 aliphatic heterocycles. The number of nitrogens with one attached hydrogen (secondary N) is 2. The van der Waals surface area contributed by atoms with Crippen LogP contribution in [-0.2, 0) is 14.8 Å². The number of halogens is 1. The van der Waals surface area contributed by atoms with Crippen LogP contribution in [0.5, 0.6) is 0 Å². The van der Waals surface area contributed by atoms with Crippen LogP contribution in [0.3, 0.4) is 0 Å². The molecule has 1 unspecified atom stereocenters. The highest BCUT2D eigenvalue weighted by Gasteiger charge is 2.28. The quantitative estimate of drug-likeness (QED) is 0.470. The van der Waals surface area contributed by atoms with Gasteiger partial charge < -0.3 is 5.32 Å². The van der Waals surface area contributed by atoms with Crippen molar-refractivity contribution in [2.24, 2.45) is 0 Å². The smallest absolute Gasteiger partial charge is 0.251 e. The first-order chi connectivity index (χ1) is 13.8. The molecule has 1 aromatic heterocycles. The molecular weight excluding hydrogens is 472 g/mol. The van der Waals surface area contributed by atoms with Gasteiger partial charge in [0.25, 0.3) is 10.0 Å². The third-order valence-electron chi connectivity index (χ3n) is 4.33. The summed E-state index contributed by atoms with van der Waals surface area (Å²) in [5.41, 5.74) is 2.33. The fourth-order valence-electron chi connectivity index (χ4n) is 2.74. The number of hydrogen-bond acceptors (Lipinski definition) is 4. The van der Waals surface area contributed by atoms with E-state index in [9.17, 15) is 13.2 Å². The standard InChI is InChI=1S/C21H21BrN2O3S2/c1-14(2)15-8-10-17(11-9-15)23-21(25)20(16-6-4-3-5-7-16)24-29(26,27)19-13-12-18(22)28-19/h3-14,20,24H,1-2H3,(H,23,25). The molecule has 3 aromatic rings. The predicted octanol–water partition coefficient (Wildman–Crippen LogP) is 5.29. The van der Waals surface area contributed by atoms with Gasteiger partial charge in [0, 0.05) is 5.69 Å². The molecule has 0 spiro atoms. The van der Waals surface area contributed by atoms with Gasteiger partial charge >= 0.3 is 0 Å². The normalized spacial score (nSPS) is 12.7. The summed E-state index contributed by atoms with van der Waals surface area (Å²) in [6.45, 7) is 4.19. The summed E-state index contributed by atoms with van der Waals surface area (Å²) >= 11 is 4.36. The number of carbonyl (C=O) groups excluding carboxylic acids is 1. The highest BCUT2D eigenvalue weighted by Crippen LogP contribution is 2.28. The fourth-order valence-corrected chi connectivity index (χ4v) is 5.95. The van der Waals surface area contributed by atoms with E-state index in [4.69, 9.17) is 0 Å². The molecule has 8 heteroatoms. The largest absolute Gasteiger partial charge is 0.324 e. The molecule has 0 saturated heterocycles. The van der Waals surface area contributed by atoms with E-state index in [0.29, 0.717) is 21.0 Å². The van der Waals surface area contributed by atoms with E-state index >= 15 is 0 Å². The lowest BCUT2D eigenvalue weighted by Gasteiger charge is -2.19. The van der Waals surface area contributed by atoms with Crippen LogP contribution in [0.1, 0.15) is 36.9 Å². The zero-order chi connectivity index (χ0) is 21.0. The first-order valence-electron chi connectivity index (χ1n) is 9.00. The topological polar surface area (TPSA) is 75.3 Å². The number of sulfonamides is 1. The van der Waals surface area contributed by atoms with E-state index in [0.717, 1.165) is 16.9 Å². The van der Waals surface area contributed by atoms with Crippen LogP contribution in [0.4, 0.5) is 5.69 Å². The Bertz CT molecular complexity index is 1080. The van der Waals surface area contributed by atoms with Gasteiger partial charge in [-0.1, -0.05) is 56.3 Å². The van der Waals surface area contributed by atoms with Crippen molar-refractivity contribution in [2.45, 2.75) is 30.0 Å². The van der Waals surface area contributed by atoms with E-state index in [2.05, 4.69) is 39.8 Å². The Morgan fingerprint density at radius 3 is 2.14 bits per heavy atom. The summed E-state index contributed by atoms with van der Waals surface area (Å²) in [5.74, 6) is -0.0681. The van der Waals surface area contributed by atoms with Crippen molar-refractivity contribution in [3.8, 4) is 0 Å². The van der Waals surface area contributed by atoms with Crippen molar-refractivity contribution >= 4 is 48.9 Å². The summed E-state index contributed by atoms with van der Waals surface area (Å²) < 4.78 is 29.0. The number of rotatable bonds is 7. The van der Waals surface area contributed by atoms with Crippen LogP contribution in [0.2, 0.25) is 0 Å². The molecule has 0 aliphatic carbocycles. The van der Waals surface area contributed by atoms with E-state index < -0.39 is 22.0 Å². The Labute approximate surface area is 183 Å². The second-order valence-electron chi connectivity index (χ2n) is 6.79. The molecule has 5 nitrogen and oxygen atoms in total. The zero-order valence-electron chi connectivity index (χ0n) is 15.9. The molecule has 0 aliphatic rings. The van der Waals surface area contributed by atoms with E-state index in [-0.39, 0.29) is 4.21 Å². The van der Waals surface area contributed by atoms with Crippen LogP contribution in [0, 0.1) is 0 Å². The minimum Gasteiger partial charge on any atom is -0.324 e. The Hall–Kier alpha value is -2.00. The van der Waals surface area contributed by atoms with Crippen LogP contribution in [0.25, 0.3) is 0 Å². The maximum atomic E-state index is 13.0. The van der Waals surface area contributed by atoms with Gasteiger partial charge in [-0.15, -0.1) is 11.3 Å². The second kappa shape index (κ2) is 9.21. The predicted molar refractivity (Wildman–Crippen MR) is 121 cm³/mol. The number of thiophene rings is 1. The molecule has 3 rings (SSSR count). The summed E-state index contributed by atoms with van der Waals surface area (Å²) in [7, 11) is -3.86. The lowest BCUT2D eigenvalue weighted by molar-refractivity contribution is -0.117. The van der Waals surface area contributed by atoms with Crippen LogP contribution in [0.15, 0.2) is 74.7 Å². The van der Waals surface area contributed by atoms with Gasteiger partial charge in [0.1, 0.15) is 10.3 Å². The van der Waals surface area contributed by atoms with E-state index in [1.807, 2.05) is 30.3 Å². The van der Waals surface area contributed by atoms with Crippen molar-refractivity contribution < 1.29 is 13.2 Å². The van der Waals surface area contributed by atoms with Crippen molar-refractivity contribution in [2.75, 3.05) is 5.32 Å². The zero-order valence-corrected chi connectivity index (χ0v) is 19.1. The molecule has 0 fully saturated rings. The molecule has 152 valence electrons. The Morgan fingerprint density at radius 2 is 1.59 bits per heavy atom. The lowest BCUT2D eigenvalue weighted by Crippen LogP contribution is -2.36. The lowest BCUT2D eigenvalue weighted by atomic mass is 10.0. The third kappa shape index (κ3) is 5.54. The second-order valence-corrected chi connectivity index (χ2v) is 11.2. The monoisotopic (exact) mass is 492 g/mol. The van der Waals surface area contributed by atoms with Crippen molar-refractivity contribution in [3.63, 3.8) is 0 Å². The number of amides is 1. The SMILES string of the molecule is CC(C)c1ccc(NC(=O)C(NS(=O)(=O)c2ccc(Br)s2)c2ccccc2)cc1. The van der Waals surface area contributed by atoms with Crippen molar-refractivity contribution in [1.82, 2.24) is 4.72 Å². The fraction of sp³-hybridized carbons (Fsp3) is 0.190. The minimum atomic E-state index is -3.86. The highest BCUT2D eigenvalue weighted by atomic mass is 79.9. The molecule has 0 saturated carbocycles. The molecule has 0 bridgehead atoms. The van der Waals surface area contributed by atoms with Crippen molar-refractivity contribution in [1.29, 1.82) is 0 Å². The summed E-state index contributed by atoms with van der Waals surface area (Å²) in [5, 5.41) is 2.81. The van der Waals surface area contributed by atoms with Gasteiger partial charge in [0.05, 0.1) is 3.79 Å². The average molecular weight is 493 g/mol. The molecule has 1 atom stereocenters. The summed E-state index contributed by atoms with van der Waals surface area (Å²) in [4.78, 5) is 13.0. The van der Waals surface area contributed by atoms with Crippen molar-refractivity contribution in [3.05, 3.63) is 81.6 Å². The van der Waals surface area contributed by atoms with Gasteiger partial charge in [-0.05, 0) is 57.2 Å². The summed E-state index contributed by atoms with van der Waals surface area (Å²) in [6, 6.07) is 18.4. The number of carbonyl (C=O) groups is 1.